The van der Waals surface area contributed by atoms with E-state index in [9.17, 15) is 4.79 Å². The van der Waals surface area contributed by atoms with E-state index in [4.69, 9.17) is 21.4 Å². The van der Waals surface area contributed by atoms with Crippen LogP contribution in [0.15, 0.2) is 81.3 Å². The topological polar surface area (TPSA) is 67.6 Å². The van der Waals surface area contributed by atoms with E-state index in [1.807, 2.05) is 48.5 Å². The summed E-state index contributed by atoms with van der Waals surface area (Å²) in [6, 6.07) is 19.6. The fraction of sp³-hybridized carbons (Fsp3) is 0.261. The maximum Gasteiger partial charge on any atom is 0.305 e. The number of esters is 1. The summed E-state index contributed by atoms with van der Waals surface area (Å²) in [7, 11) is 1.40. The van der Waals surface area contributed by atoms with Gasteiger partial charge in [-0.2, -0.15) is 0 Å². The number of methoxy groups -OCH3 is 1. The molecule has 1 fully saturated rings. The van der Waals surface area contributed by atoms with Crippen LogP contribution in [0.1, 0.15) is 36.4 Å². The van der Waals surface area contributed by atoms with E-state index in [0.717, 1.165) is 21.4 Å². The van der Waals surface area contributed by atoms with Crippen molar-refractivity contribution in [3.8, 4) is 0 Å². The molecule has 4 rings (SSSR count). The summed E-state index contributed by atoms with van der Waals surface area (Å²) in [6.07, 6.45) is 2.74. The molecule has 0 radical (unpaired) electrons. The van der Waals surface area contributed by atoms with Gasteiger partial charge in [0.25, 0.3) is 0 Å². The Kier molecular flexibility index (Phi) is 6.89. The van der Waals surface area contributed by atoms with Crippen molar-refractivity contribution in [1.29, 1.82) is 0 Å². The van der Waals surface area contributed by atoms with E-state index in [1.54, 1.807) is 18.0 Å². The third kappa shape index (κ3) is 5.08. The molecule has 1 aliphatic heterocycles. The zero-order chi connectivity index (χ0) is 21.6. The lowest BCUT2D eigenvalue weighted by molar-refractivity contribution is -0.140. The summed E-state index contributed by atoms with van der Waals surface area (Å²) in [5.41, 5.74) is 0.888. The molecule has 1 aromatic carbocycles. The summed E-state index contributed by atoms with van der Waals surface area (Å²) in [4.78, 5) is 19.3. The Morgan fingerprint density at radius 1 is 1.19 bits per heavy atom. The Labute approximate surface area is 191 Å². The van der Waals surface area contributed by atoms with Crippen LogP contribution in [-0.4, -0.2) is 34.6 Å². The van der Waals surface area contributed by atoms with Gasteiger partial charge in [-0.25, -0.2) is 0 Å². The Hall–Kier alpha value is -2.84. The number of aromatic nitrogens is 1. The fourth-order valence-corrected chi connectivity index (χ4v) is 4.74. The van der Waals surface area contributed by atoms with Crippen LogP contribution in [-0.2, 0) is 9.53 Å². The quantitative estimate of drug-likeness (QED) is 0.387. The van der Waals surface area contributed by atoms with Gasteiger partial charge in [0.1, 0.15) is 11.8 Å². The Morgan fingerprint density at radius 2 is 2.00 bits per heavy atom. The molecule has 0 unspecified atom stereocenters. The van der Waals surface area contributed by atoms with Crippen LogP contribution in [0.5, 0.6) is 0 Å². The molecule has 2 atom stereocenters. The molecule has 3 aromatic rings. The minimum atomic E-state index is -0.226. The first-order valence-electron chi connectivity index (χ1n) is 10.0. The number of pyridine rings is 1. The van der Waals surface area contributed by atoms with Gasteiger partial charge in [0.05, 0.1) is 18.8 Å². The number of thiocarbonyl (C=S) groups is 1. The van der Waals surface area contributed by atoms with Crippen LogP contribution >= 0.6 is 24.0 Å². The molecule has 31 heavy (non-hydrogen) atoms. The highest BCUT2D eigenvalue weighted by atomic mass is 32.2. The molecular formula is C23H23N3O3S2. The molecule has 0 aliphatic carbocycles. The number of hydrogen-bond acceptors (Lipinski definition) is 6. The average molecular weight is 454 g/mol. The number of nitrogens with zero attached hydrogens (tertiary/aromatic N) is 2. The van der Waals surface area contributed by atoms with Gasteiger partial charge in [-0.05, 0) is 55.0 Å². The minimum absolute atomic E-state index is 0.146. The van der Waals surface area contributed by atoms with Gasteiger partial charge in [-0.15, -0.1) is 0 Å². The van der Waals surface area contributed by atoms with Gasteiger partial charge in [0.15, 0.2) is 10.2 Å². The Bertz CT molecular complexity index is 1030. The van der Waals surface area contributed by atoms with Crippen molar-refractivity contribution >= 4 is 35.1 Å². The molecule has 0 spiro atoms. The molecule has 160 valence electrons. The second kappa shape index (κ2) is 9.98. The summed E-state index contributed by atoms with van der Waals surface area (Å²) in [5, 5.41) is 4.83. The van der Waals surface area contributed by atoms with E-state index in [2.05, 4.69) is 27.3 Å². The van der Waals surface area contributed by atoms with Crippen molar-refractivity contribution < 1.29 is 13.9 Å². The maximum absolute atomic E-state index is 11.6. The normalized spacial score (nSPS) is 18.1. The Morgan fingerprint density at radius 3 is 2.74 bits per heavy atom. The number of hydrogen-bond donors (Lipinski definition) is 1. The van der Waals surface area contributed by atoms with Crippen molar-refractivity contribution in [2.24, 2.45) is 0 Å². The van der Waals surface area contributed by atoms with Crippen LogP contribution in [0.4, 0.5) is 0 Å². The van der Waals surface area contributed by atoms with Crippen molar-refractivity contribution in [3.05, 3.63) is 78.3 Å². The van der Waals surface area contributed by atoms with Gasteiger partial charge >= 0.3 is 5.97 Å². The Balaban J connectivity index is 1.59. The van der Waals surface area contributed by atoms with Gasteiger partial charge in [-0.3, -0.25) is 9.78 Å². The second-order valence-corrected chi connectivity index (χ2v) is 8.54. The van der Waals surface area contributed by atoms with Gasteiger partial charge in [0, 0.05) is 24.1 Å². The first-order chi connectivity index (χ1) is 15.2. The number of carbonyl (C=O) groups excluding carboxylic acids is 1. The van der Waals surface area contributed by atoms with E-state index in [1.165, 1.54) is 7.11 Å². The molecular weight excluding hydrogens is 430 g/mol. The highest BCUT2D eigenvalue weighted by Gasteiger charge is 2.41. The smallest absolute Gasteiger partial charge is 0.305 e. The summed E-state index contributed by atoms with van der Waals surface area (Å²) < 4.78 is 11.0. The summed E-state index contributed by atoms with van der Waals surface area (Å²) >= 11 is 7.21. The lowest BCUT2D eigenvalue weighted by Gasteiger charge is -2.25. The molecule has 6 nitrogen and oxygen atoms in total. The van der Waals surface area contributed by atoms with E-state index < -0.39 is 0 Å². The van der Waals surface area contributed by atoms with Gasteiger partial charge < -0.3 is 19.4 Å². The number of nitrogens with one attached hydrogen (secondary N) is 1. The van der Waals surface area contributed by atoms with Crippen LogP contribution in [0, 0.1) is 0 Å². The van der Waals surface area contributed by atoms with E-state index in [-0.39, 0.29) is 18.1 Å². The molecule has 1 saturated heterocycles. The van der Waals surface area contributed by atoms with E-state index in [0.29, 0.717) is 24.5 Å². The van der Waals surface area contributed by atoms with Crippen molar-refractivity contribution in [2.45, 2.75) is 34.9 Å². The number of rotatable bonds is 8. The van der Waals surface area contributed by atoms with Crippen molar-refractivity contribution in [3.63, 3.8) is 0 Å². The van der Waals surface area contributed by atoms with Crippen LogP contribution in [0.3, 0.4) is 0 Å². The fourth-order valence-electron chi connectivity index (χ4n) is 3.60. The number of furan rings is 1. The molecule has 1 N–H and O–H groups in total. The molecule has 1 aliphatic rings. The van der Waals surface area contributed by atoms with E-state index >= 15 is 0 Å². The first-order valence-corrected chi connectivity index (χ1v) is 11.3. The molecule has 2 aromatic heterocycles. The zero-order valence-electron chi connectivity index (χ0n) is 17.1. The summed E-state index contributed by atoms with van der Waals surface area (Å²) in [6.45, 7) is 0.608. The lowest BCUT2D eigenvalue weighted by atomic mass is 10.0. The lowest BCUT2D eigenvalue weighted by Crippen LogP contribution is -2.30. The molecule has 3 heterocycles. The van der Waals surface area contributed by atoms with Gasteiger partial charge in [-0.1, -0.05) is 36.0 Å². The highest BCUT2D eigenvalue weighted by molar-refractivity contribution is 7.99. The number of carbonyl (C=O) groups is 1. The molecule has 0 amide bonds. The van der Waals surface area contributed by atoms with Gasteiger partial charge in [0.2, 0.25) is 0 Å². The largest absolute Gasteiger partial charge is 0.469 e. The molecule has 0 bridgehead atoms. The first kappa shape index (κ1) is 21.4. The maximum atomic E-state index is 11.6. The third-order valence-corrected chi connectivity index (χ3v) is 6.34. The third-order valence-electron chi connectivity index (χ3n) is 5.06. The monoisotopic (exact) mass is 453 g/mol. The number of ether oxygens (including phenoxy) is 1. The predicted molar refractivity (Wildman–Crippen MR) is 123 cm³/mol. The predicted octanol–water partition coefficient (Wildman–Crippen LogP) is 4.75. The SMILES string of the molecule is COC(=O)CCCN1C(=S)N[C@@H](c2ccccn2)[C@@H]1c1ccc(Sc2ccccc2)o1. The molecule has 8 heteroatoms. The van der Waals surface area contributed by atoms with Crippen LogP contribution < -0.4 is 5.32 Å². The second-order valence-electron chi connectivity index (χ2n) is 7.07. The summed E-state index contributed by atoms with van der Waals surface area (Å²) in [5.74, 6) is 0.579. The standard InChI is InChI=1S/C23H23N3O3S2/c1-28-19(27)11-7-15-26-22(21(25-23(26)30)17-10-5-6-14-24-17)18-12-13-20(29-18)31-16-8-3-2-4-9-16/h2-6,8-10,12-14,21-22H,7,11,15H2,1H3,(H,25,30)/t21-,22-/m0/s1. The highest BCUT2D eigenvalue weighted by Crippen LogP contribution is 2.41. The number of benzene rings is 1. The van der Waals surface area contributed by atoms with Crippen molar-refractivity contribution in [1.82, 2.24) is 15.2 Å². The van der Waals surface area contributed by atoms with Crippen LogP contribution in [0.25, 0.3) is 0 Å². The zero-order valence-corrected chi connectivity index (χ0v) is 18.7. The molecule has 0 saturated carbocycles. The average Bonchev–Trinajstić information content (AvgIpc) is 3.39. The minimum Gasteiger partial charge on any atom is -0.469 e. The van der Waals surface area contributed by atoms with Crippen LogP contribution in [0.2, 0.25) is 0 Å². The van der Waals surface area contributed by atoms with Crippen molar-refractivity contribution in [2.75, 3.05) is 13.7 Å².